The second-order valence-corrected chi connectivity index (χ2v) is 6.68. The molecule has 0 radical (unpaired) electrons. The maximum Gasteiger partial charge on any atom is 0.279 e. The fourth-order valence-electron chi connectivity index (χ4n) is 2.69. The lowest BCUT2D eigenvalue weighted by atomic mass is 10.2. The molecule has 0 saturated carbocycles. The molecule has 3 rings (SSSR count). The number of ether oxygens (including phenoxy) is 1. The van der Waals surface area contributed by atoms with Gasteiger partial charge in [-0.25, -0.2) is 0 Å². The number of nitro groups is 1. The normalized spacial score (nSPS) is 11.8. The third-order valence-corrected chi connectivity index (χ3v) is 4.97. The lowest BCUT2D eigenvalue weighted by Crippen LogP contribution is -2.19. The number of carbonyl (C=O) groups is 1. The Morgan fingerprint density at radius 3 is 2.81 bits per heavy atom. The molecule has 26 heavy (non-hydrogen) atoms. The summed E-state index contributed by atoms with van der Waals surface area (Å²) in [6, 6.07) is 11.5. The number of aromatic nitrogens is 1. The number of fused-ring (bicyclic) bond motifs is 1. The molecule has 0 aliphatic carbocycles. The predicted octanol–water partition coefficient (Wildman–Crippen LogP) is 3.31. The van der Waals surface area contributed by atoms with E-state index in [9.17, 15) is 14.9 Å². The molecule has 0 spiro atoms. The molecule has 8 heteroatoms. The fraction of sp³-hybridized carbons (Fsp3) is 0.222. The van der Waals surface area contributed by atoms with E-state index in [0.29, 0.717) is 18.0 Å². The summed E-state index contributed by atoms with van der Waals surface area (Å²) in [5, 5.41) is 10.9. The summed E-state index contributed by atoms with van der Waals surface area (Å²) in [5.74, 6) is -0.510. The van der Waals surface area contributed by atoms with Crippen molar-refractivity contribution in [2.75, 3.05) is 13.7 Å². The summed E-state index contributed by atoms with van der Waals surface area (Å²) in [4.78, 5) is 27.7. The molecule has 0 saturated heterocycles. The molecular formula is C18H17N3O4S. The number of non-ortho nitro benzene ring substituents is 1. The molecule has 0 aliphatic rings. The molecule has 0 bridgehead atoms. The molecular weight excluding hydrogens is 354 g/mol. The van der Waals surface area contributed by atoms with Crippen LogP contribution < -0.4 is 4.80 Å². The summed E-state index contributed by atoms with van der Waals surface area (Å²) >= 11 is 1.41. The van der Waals surface area contributed by atoms with Crippen LogP contribution in [0.5, 0.6) is 0 Å². The number of nitro benzene ring substituents is 1. The second-order valence-electron chi connectivity index (χ2n) is 5.68. The van der Waals surface area contributed by atoms with Gasteiger partial charge >= 0.3 is 0 Å². The first kappa shape index (κ1) is 18.0. The Bertz CT molecular complexity index is 1050. The molecule has 0 unspecified atom stereocenters. The van der Waals surface area contributed by atoms with Gasteiger partial charge in [-0.15, -0.1) is 0 Å². The standard InChI is InChI=1S/C18H17N3O4S/c1-12-5-3-8-15-16(12)20(9-10-25-2)18(26-15)19-17(22)13-6-4-7-14(11-13)21(23)24/h3-8,11H,9-10H2,1-2H3. The zero-order valence-electron chi connectivity index (χ0n) is 14.3. The highest BCUT2D eigenvalue weighted by Gasteiger charge is 2.13. The van der Waals surface area contributed by atoms with E-state index in [1.165, 1.54) is 35.6 Å². The van der Waals surface area contributed by atoms with E-state index in [1.54, 1.807) is 7.11 Å². The first-order valence-electron chi connectivity index (χ1n) is 7.92. The second kappa shape index (κ2) is 7.59. The van der Waals surface area contributed by atoms with Crippen LogP contribution in [0.2, 0.25) is 0 Å². The van der Waals surface area contributed by atoms with Crippen LogP contribution in [-0.2, 0) is 11.3 Å². The Hall–Kier alpha value is -2.84. The molecule has 134 valence electrons. The van der Waals surface area contributed by atoms with Gasteiger partial charge in [0.15, 0.2) is 4.80 Å². The van der Waals surface area contributed by atoms with Crippen LogP contribution in [0.15, 0.2) is 47.5 Å². The first-order chi connectivity index (χ1) is 12.5. The number of amides is 1. The van der Waals surface area contributed by atoms with Gasteiger partial charge in [0.1, 0.15) is 0 Å². The molecule has 0 N–H and O–H groups in total. The highest BCUT2D eigenvalue weighted by Crippen LogP contribution is 2.21. The minimum atomic E-state index is -0.529. The number of thiazole rings is 1. The van der Waals surface area contributed by atoms with Gasteiger partial charge in [-0.2, -0.15) is 4.99 Å². The van der Waals surface area contributed by atoms with Crippen LogP contribution in [0.25, 0.3) is 10.2 Å². The summed E-state index contributed by atoms with van der Waals surface area (Å²) in [6.45, 7) is 3.05. The average Bonchev–Trinajstić information content (AvgIpc) is 2.98. The van der Waals surface area contributed by atoms with E-state index >= 15 is 0 Å². The van der Waals surface area contributed by atoms with Crippen LogP contribution in [0.4, 0.5) is 5.69 Å². The summed E-state index contributed by atoms with van der Waals surface area (Å²) in [5.41, 5.74) is 2.15. The Morgan fingerprint density at radius 1 is 1.31 bits per heavy atom. The third kappa shape index (κ3) is 3.56. The van der Waals surface area contributed by atoms with Crippen molar-refractivity contribution in [1.82, 2.24) is 4.57 Å². The highest BCUT2D eigenvalue weighted by molar-refractivity contribution is 7.16. The van der Waals surface area contributed by atoms with Gasteiger partial charge in [-0.3, -0.25) is 14.9 Å². The van der Waals surface area contributed by atoms with Crippen molar-refractivity contribution in [2.45, 2.75) is 13.5 Å². The molecule has 7 nitrogen and oxygen atoms in total. The van der Waals surface area contributed by atoms with Gasteiger partial charge in [-0.1, -0.05) is 29.5 Å². The molecule has 1 amide bonds. The number of nitrogens with zero attached hydrogens (tertiary/aromatic N) is 3. The Kier molecular flexibility index (Phi) is 5.24. The van der Waals surface area contributed by atoms with E-state index in [1.807, 2.05) is 29.7 Å². The molecule has 0 atom stereocenters. The van der Waals surface area contributed by atoms with Crippen molar-refractivity contribution in [3.8, 4) is 0 Å². The summed E-state index contributed by atoms with van der Waals surface area (Å²) in [7, 11) is 1.62. The third-order valence-electron chi connectivity index (χ3n) is 3.92. The van der Waals surface area contributed by atoms with Crippen molar-refractivity contribution < 1.29 is 14.5 Å². The average molecular weight is 371 g/mol. The zero-order valence-corrected chi connectivity index (χ0v) is 15.2. The van der Waals surface area contributed by atoms with Crippen molar-refractivity contribution in [3.63, 3.8) is 0 Å². The van der Waals surface area contributed by atoms with E-state index in [0.717, 1.165) is 15.8 Å². The number of benzene rings is 2. The van der Waals surface area contributed by atoms with Crippen molar-refractivity contribution in [1.29, 1.82) is 0 Å². The molecule has 3 aromatic rings. The minimum Gasteiger partial charge on any atom is -0.383 e. The first-order valence-corrected chi connectivity index (χ1v) is 8.74. The van der Waals surface area contributed by atoms with Crippen molar-refractivity contribution >= 4 is 33.1 Å². The van der Waals surface area contributed by atoms with Crippen LogP contribution in [0.3, 0.4) is 0 Å². The lowest BCUT2D eigenvalue weighted by molar-refractivity contribution is -0.384. The minimum absolute atomic E-state index is 0.134. The van der Waals surface area contributed by atoms with Gasteiger partial charge in [0.2, 0.25) is 0 Å². The van der Waals surface area contributed by atoms with E-state index in [4.69, 9.17) is 4.74 Å². The smallest absolute Gasteiger partial charge is 0.279 e. The van der Waals surface area contributed by atoms with Crippen molar-refractivity contribution in [2.24, 2.45) is 4.99 Å². The van der Waals surface area contributed by atoms with Gasteiger partial charge in [0.05, 0.1) is 21.7 Å². The van der Waals surface area contributed by atoms with Crippen LogP contribution in [0.1, 0.15) is 15.9 Å². The van der Waals surface area contributed by atoms with Gasteiger partial charge in [-0.05, 0) is 24.6 Å². The number of hydrogen-bond donors (Lipinski definition) is 0. The highest BCUT2D eigenvalue weighted by atomic mass is 32.1. The predicted molar refractivity (Wildman–Crippen MR) is 99.4 cm³/mol. The number of para-hydroxylation sites is 1. The Morgan fingerprint density at radius 2 is 2.08 bits per heavy atom. The van der Waals surface area contributed by atoms with E-state index in [2.05, 4.69) is 4.99 Å². The number of methoxy groups -OCH3 is 1. The maximum absolute atomic E-state index is 12.5. The summed E-state index contributed by atoms with van der Waals surface area (Å²) < 4.78 is 8.15. The number of aryl methyl sites for hydroxylation is 1. The number of carbonyl (C=O) groups excluding carboxylic acids is 1. The monoisotopic (exact) mass is 371 g/mol. The Balaban J connectivity index is 2.11. The quantitative estimate of drug-likeness (QED) is 0.508. The van der Waals surface area contributed by atoms with Crippen molar-refractivity contribution in [3.05, 3.63) is 68.5 Å². The number of rotatable bonds is 5. The number of hydrogen-bond acceptors (Lipinski definition) is 5. The van der Waals surface area contributed by atoms with E-state index in [-0.39, 0.29) is 11.3 Å². The fourth-order valence-corrected chi connectivity index (χ4v) is 3.82. The molecule has 0 fully saturated rings. The molecule has 0 aliphatic heterocycles. The zero-order chi connectivity index (χ0) is 18.7. The lowest BCUT2D eigenvalue weighted by Gasteiger charge is -2.06. The van der Waals surface area contributed by atoms with Gasteiger partial charge in [0.25, 0.3) is 11.6 Å². The van der Waals surface area contributed by atoms with E-state index < -0.39 is 10.8 Å². The Labute approximate surface area is 153 Å². The summed E-state index contributed by atoms with van der Waals surface area (Å²) in [6.07, 6.45) is 0. The molecule has 1 heterocycles. The largest absolute Gasteiger partial charge is 0.383 e. The van der Waals surface area contributed by atoms with Crippen LogP contribution in [0, 0.1) is 17.0 Å². The SMILES string of the molecule is COCCn1c(=NC(=O)c2cccc([N+](=O)[O-])c2)sc2cccc(C)c21. The van der Waals surface area contributed by atoms with Crippen LogP contribution in [-0.4, -0.2) is 29.1 Å². The van der Waals surface area contributed by atoms with Gasteiger partial charge < -0.3 is 9.30 Å². The molecule has 1 aromatic heterocycles. The topological polar surface area (TPSA) is 86.7 Å². The molecule has 2 aromatic carbocycles. The van der Waals surface area contributed by atoms with Crippen LogP contribution >= 0.6 is 11.3 Å². The van der Waals surface area contributed by atoms with Gasteiger partial charge in [0, 0.05) is 31.4 Å². The maximum atomic E-state index is 12.5.